The van der Waals surface area contributed by atoms with E-state index >= 15 is 0 Å². The minimum Gasteiger partial charge on any atom is -0.330 e. The van der Waals surface area contributed by atoms with Crippen LogP contribution in [0.4, 0.5) is 5.82 Å². The van der Waals surface area contributed by atoms with Crippen molar-refractivity contribution in [2.45, 2.75) is 11.8 Å². The Balaban J connectivity index is 2.00. The van der Waals surface area contributed by atoms with E-state index in [1.807, 2.05) is 61.0 Å². The van der Waals surface area contributed by atoms with Gasteiger partial charge in [0.2, 0.25) is 0 Å². The molecule has 2 aromatic carbocycles. The molecule has 0 bridgehead atoms. The van der Waals surface area contributed by atoms with Crippen LogP contribution in [-0.2, 0) is 17.1 Å². The molecule has 0 aliphatic carbocycles. The first-order chi connectivity index (χ1) is 11.4. The van der Waals surface area contributed by atoms with Crippen molar-refractivity contribution in [2.75, 3.05) is 11.4 Å². The van der Waals surface area contributed by atoms with Crippen LogP contribution < -0.4 is 4.31 Å². The molecule has 0 saturated carbocycles. The Morgan fingerprint density at radius 2 is 1.50 bits per heavy atom. The van der Waals surface area contributed by atoms with E-state index in [0.29, 0.717) is 5.82 Å². The number of nitrogens with zero attached hydrogens (tertiary/aromatic N) is 2. The molecule has 0 atom stereocenters. The van der Waals surface area contributed by atoms with Crippen molar-refractivity contribution in [2.24, 2.45) is 7.05 Å². The van der Waals surface area contributed by atoms with Crippen molar-refractivity contribution in [3.05, 3.63) is 72.3 Å². The topological polar surface area (TPSA) is 42.3 Å². The van der Waals surface area contributed by atoms with Gasteiger partial charge in [0.15, 0.2) is 0 Å². The number of hydrogen-bond acceptors (Lipinski definition) is 2. The quantitative estimate of drug-likeness (QED) is 0.724. The molecule has 0 fully saturated rings. The molecule has 24 heavy (non-hydrogen) atoms. The van der Waals surface area contributed by atoms with E-state index in [-0.39, 0.29) is 4.90 Å². The lowest BCUT2D eigenvalue weighted by atomic mass is 10.2. The van der Waals surface area contributed by atoms with Gasteiger partial charge in [-0.05, 0) is 36.8 Å². The maximum Gasteiger partial charge on any atom is 0.265 e. The van der Waals surface area contributed by atoms with Gasteiger partial charge in [-0.25, -0.2) is 8.42 Å². The largest absolute Gasteiger partial charge is 0.330 e. The van der Waals surface area contributed by atoms with Gasteiger partial charge < -0.3 is 4.57 Å². The second kappa shape index (κ2) is 6.17. The summed E-state index contributed by atoms with van der Waals surface area (Å²) < 4.78 is 28.9. The zero-order chi connectivity index (χ0) is 17.3. The van der Waals surface area contributed by atoms with Crippen LogP contribution in [0, 0.1) is 6.92 Å². The van der Waals surface area contributed by atoms with Gasteiger partial charge in [0, 0.05) is 19.8 Å². The summed E-state index contributed by atoms with van der Waals surface area (Å²) in [6, 6.07) is 20.6. The molecular weight excluding hydrogens is 320 g/mol. The van der Waals surface area contributed by atoms with Crippen molar-refractivity contribution in [3.63, 3.8) is 0 Å². The first-order valence-electron chi connectivity index (χ1n) is 7.68. The molecule has 124 valence electrons. The third-order valence-electron chi connectivity index (χ3n) is 4.17. The molecule has 0 saturated heterocycles. The highest BCUT2D eigenvalue weighted by atomic mass is 32.2. The molecule has 4 nitrogen and oxygen atoms in total. The van der Waals surface area contributed by atoms with Crippen LogP contribution in [0.15, 0.2) is 71.6 Å². The van der Waals surface area contributed by atoms with Gasteiger partial charge in [0.05, 0.1) is 4.90 Å². The van der Waals surface area contributed by atoms with Gasteiger partial charge in [-0.1, -0.05) is 48.0 Å². The molecule has 5 heteroatoms. The fraction of sp³-hybridized carbons (Fsp3) is 0.158. The third-order valence-corrected chi connectivity index (χ3v) is 5.94. The molecule has 3 rings (SSSR count). The summed E-state index contributed by atoms with van der Waals surface area (Å²) in [5, 5.41) is 0. The minimum atomic E-state index is -3.59. The minimum absolute atomic E-state index is 0.290. The fourth-order valence-electron chi connectivity index (χ4n) is 2.71. The van der Waals surface area contributed by atoms with E-state index in [1.54, 1.807) is 31.3 Å². The summed E-state index contributed by atoms with van der Waals surface area (Å²) in [4.78, 5) is 0.290. The summed E-state index contributed by atoms with van der Waals surface area (Å²) in [5.41, 5.74) is 3.05. The smallest absolute Gasteiger partial charge is 0.265 e. The highest BCUT2D eigenvalue weighted by molar-refractivity contribution is 7.92. The van der Waals surface area contributed by atoms with E-state index in [4.69, 9.17) is 0 Å². The van der Waals surface area contributed by atoms with Gasteiger partial charge in [0.1, 0.15) is 5.82 Å². The van der Waals surface area contributed by atoms with Crippen molar-refractivity contribution in [1.82, 2.24) is 4.57 Å². The van der Waals surface area contributed by atoms with E-state index in [2.05, 4.69) is 0 Å². The molecule has 0 spiro atoms. The number of aryl methyl sites for hydroxylation is 1. The Labute approximate surface area is 143 Å². The SMILES string of the molecule is Cc1ccc(S(=O)(=O)N(C)c2ccc(-c3ccccc3)n2C)cc1. The average molecular weight is 340 g/mol. The summed E-state index contributed by atoms with van der Waals surface area (Å²) >= 11 is 0. The van der Waals surface area contributed by atoms with E-state index in [1.165, 1.54) is 4.31 Å². The lowest BCUT2D eigenvalue weighted by Crippen LogP contribution is -2.28. The van der Waals surface area contributed by atoms with Crippen LogP contribution in [-0.4, -0.2) is 20.0 Å². The maximum atomic E-state index is 12.9. The Kier molecular flexibility index (Phi) is 4.20. The Morgan fingerprint density at radius 3 is 2.12 bits per heavy atom. The third kappa shape index (κ3) is 2.83. The van der Waals surface area contributed by atoms with Gasteiger partial charge in [-0.15, -0.1) is 0 Å². The molecule has 0 N–H and O–H groups in total. The average Bonchev–Trinajstić information content (AvgIpc) is 2.96. The van der Waals surface area contributed by atoms with Gasteiger partial charge in [0.25, 0.3) is 10.0 Å². The number of anilines is 1. The first-order valence-corrected chi connectivity index (χ1v) is 9.12. The predicted octanol–water partition coefficient (Wildman–Crippen LogP) is 3.83. The van der Waals surface area contributed by atoms with Crippen LogP contribution in [0.5, 0.6) is 0 Å². The van der Waals surface area contributed by atoms with Crippen LogP contribution in [0.3, 0.4) is 0 Å². The number of aromatic nitrogens is 1. The van der Waals surface area contributed by atoms with Crippen molar-refractivity contribution in [1.29, 1.82) is 0 Å². The Morgan fingerprint density at radius 1 is 0.875 bits per heavy atom. The molecule has 0 aliphatic heterocycles. The van der Waals surface area contributed by atoms with Crippen molar-refractivity contribution >= 4 is 15.8 Å². The number of hydrogen-bond donors (Lipinski definition) is 0. The lowest BCUT2D eigenvalue weighted by Gasteiger charge is -2.21. The highest BCUT2D eigenvalue weighted by Crippen LogP contribution is 2.28. The van der Waals surface area contributed by atoms with Crippen LogP contribution >= 0.6 is 0 Å². The molecule has 1 aromatic heterocycles. The van der Waals surface area contributed by atoms with E-state index in [0.717, 1.165) is 16.8 Å². The Hall–Kier alpha value is -2.53. The summed E-state index contributed by atoms with van der Waals surface area (Å²) in [6.45, 7) is 1.93. The number of benzene rings is 2. The molecular formula is C19H20N2O2S. The van der Waals surface area contributed by atoms with Gasteiger partial charge >= 0.3 is 0 Å². The van der Waals surface area contributed by atoms with Crippen LogP contribution in [0.1, 0.15) is 5.56 Å². The van der Waals surface area contributed by atoms with Crippen molar-refractivity contribution in [3.8, 4) is 11.3 Å². The predicted molar refractivity (Wildman–Crippen MR) is 97.6 cm³/mol. The van der Waals surface area contributed by atoms with Crippen molar-refractivity contribution < 1.29 is 8.42 Å². The fourth-order valence-corrected chi connectivity index (χ4v) is 3.93. The standard InChI is InChI=1S/C19H20N2O2S/c1-15-9-11-17(12-10-15)24(22,23)21(3)19-14-13-18(20(19)2)16-7-5-4-6-8-16/h4-14H,1-3H3. The van der Waals surface area contributed by atoms with Gasteiger partial charge in [-0.3, -0.25) is 4.31 Å². The molecule has 0 aliphatic rings. The van der Waals surface area contributed by atoms with E-state index < -0.39 is 10.0 Å². The second-order valence-electron chi connectivity index (χ2n) is 5.79. The van der Waals surface area contributed by atoms with Crippen LogP contribution in [0.2, 0.25) is 0 Å². The highest BCUT2D eigenvalue weighted by Gasteiger charge is 2.23. The molecule has 3 aromatic rings. The Bertz CT molecular complexity index is 943. The van der Waals surface area contributed by atoms with E-state index in [9.17, 15) is 8.42 Å². The number of sulfonamides is 1. The molecule has 1 heterocycles. The molecule has 0 radical (unpaired) electrons. The summed E-state index contributed by atoms with van der Waals surface area (Å²) in [5.74, 6) is 0.620. The maximum absolute atomic E-state index is 12.9. The molecule has 0 unspecified atom stereocenters. The first kappa shape index (κ1) is 16.3. The summed E-state index contributed by atoms with van der Waals surface area (Å²) in [7, 11) is -0.131. The zero-order valence-electron chi connectivity index (χ0n) is 14.0. The normalized spacial score (nSPS) is 11.5. The summed E-state index contributed by atoms with van der Waals surface area (Å²) in [6.07, 6.45) is 0. The second-order valence-corrected chi connectivity index (χ2v) is 7.76. The molecule has 0 amide bonds. The van der Waals surface area contributed by atoms with Gasteiger partial charge in [-0.2, -0.15) is 0 Å². The van der Waals surface area contributed by atoms with Crippen LogP contribution in [0.25, 0.3) is 11.3 Å². The lowest BCUT2D eigenvalue weighted by molar-refractivity contribution is 0.593. The zero-order valence-corrected chi connectivity index (χ0v) is 14.8. The monoisotopic (exact) mass is 340 g/mol. The number of rotatable bonds is 4.